The first-order valence-electron chi connectivity index (χ1n) is 12.2. The number of nitrogens with zero attached hydrogens (tertiary/aromatic N) is 3. The van der Waals surface area contributed by atoms with Gasteiger partial charge in [-0.05, 0) is 57.6 Å². The molecule has 2 amide bonds. The molecular weight excluding hydrogens is 493 g/mol. The van der Waals surface area contributed by atoms with Gasteiger partial charge in [0, 0.05) is 37.8 Å². The first kappa shape index (κ1) is 30.2. The van der Waals surface area contributed by atoms with E-state index in [0.717, 1.165) is 0 Å². The highest BCUT2D eigenvalue weighted by Crippen LogP contribution is 2.32. The van der Waals surface area contributed by atoms with Crippen molar-refractivity contribution in [3.8, 4) is 0 Å². The van der Waals surface area contributed by atoms with Gasteiger partial charge in [0.05, 0.1) is 4.92 Å². The van der Waals surface area contributed by atoms with Gasteiger partial charge in [0.25, 0.3) is 5.69 Å². The first-order chi connectivity index (χ1) is 16.8. The van der Waals surface area contributed by atoms with Crippen LogP contribution in [0.1, 0.15) is 66.9 Å². The van der Waals surface area contributed by atoms with Crippen molar-refractivity contribution in [1.82, 2.24) is 9.80 Å². The van der Waals surface area contributed by atoms with E-state index in [9.17, 15) is 32.9 Å². The van der Waals surface area contributed by atoms with Gasteiger partial charge in [-0.1, -0.05) is 26.8 Å². The number of piperidine rings is 1. The number of nitro benzene ring substituents is 1. The molecule has 0 aromatic heterocycles. The molecule has 1 fully saturated rings. The van der Waals surface area contributed by atoms with Crippen molar-refractivity contribution in [2.75, 3.05) is 18.4 Å². The standard InChI is InChI=1S/C25H37F3N4O5/c1-16(23(2,3)4)31(21(33)25(26,27)28)15-17-8-9-19(20(14-17)32(35)36)29-18-10-12-30(13-11-18)22(34)37-24(5,6)7/h8-9,14,16,18,29H,10-13,15H2,1-7H3/t16-/m0/s1. The van der Waals surface area contributed by atoms with Crippen molar-refractivity contribution >= 4 is 23.4 Å². The van der Waals surface area contributed by atoms with Gasteiger partial charge in [0.15, 0.2) is 0 Å². The van der Waals surface area contributed by atoms with E-state index in [2.05, 4.69) is 5.32 Å². The number of likely N-dealkylation sites (tertiary alicyclic amines) is 1. The monoisotopic (exact) mass is 530 g/mol. The summed E-state index contributed by atoms with van der Waals surface area (Å²) in [6.07, 6.45) is -4.41. The molecule has 1 aliphatic rings. The van der Waals surface area contributed by atoms with Crippen LogP contribution in [0.4, 0.5) is 29.3 Å². The van der Waals surface area contributed by atoms with Crippen LogP contribution in [-0.2, 0) is 16.1 Å². The van der Waals surface area contributed by atoms with Crippen LogP contribution in [0.25, 0.3) is 0 Å². The summed E-state index contributed by atoms with van der Waals surface area (Å²) in [6, 6.07) is 3.20. The number of halogens is 3. The van der Waals surface area contributed by atoms with E-state index >= 15 is 0 Å². The van der Waals surface area contributed by atoms with Gasteiger partial charge >= 0.3 is 18.2 Å². The Morgan fingerprint density at radius 1 is 1.16 bits per heavy atom. The smallest absolute Gasteiger partial charge is 0.444 e. The number of nitrogens with one attached hydrogen (secondary N) is 1. The van der Waals surface area contributed by atoms with Crippen molar-refractivity contribution < 1.29 is 32.4 Å². The Labute approximate surface area is 215 Å². The molecule has 0 radical (unpaired) electrons. The molecule has 1 saturated heterocycles. The maximum atomic E-state index is 13.3. The quantitative estimate of drug-likeness (QED) is 0.372. The Hall–Kier alpha value is -3.05. The van der Waals surface area contributed by atoms with Gasteiger partial charge < -0.3 is 19.9 Å². The van der Waals surface area contributed by atoms with E-state index in [4.69, 9.17) is 4.74 Å². The molecular formula is C25H37F3N4O5. The third-order valence-corrected chi connectivity index (χ3v) is 6.34. The average molecular weight is 531 g/mol. The summed E-state index contributed by atoms with van der Waals surface area (Å²) in [5.74, 6) is -1.99. The van der Waals surface area contributed by atoms with E-state index in [1.165, 1.54) is 25.1 Å². The number of amides is 2. The number of hydrogen-bond acceptors (Lipinski definition) is 6. The molecule has 12 heteroatoms. The number of anilines is 1. The number of alkyl halides is 3. The van der Waals surface area contributed by atoms with Crippen LogP contribution in [0, 0.1) is 15.5 Å². The molecule has 208 valence electrons. The van der Waals surface area contributed by atoms with Crippen LogP contribution in [0.15, 0.2) is 18.2 Å². The van der Waals surface area contributed by atoms with Gasteiger partial charge in [0.1, 0.15) is 11.3 Å². The highest BCUT2D eigenvalue weighted by molar-refractivity contribution is 5.82. The summed E-state index contributed by atoms with van der Waals surface area (Å²) in [7, 11) is 0. The van der Waals surface area contributed by atoms with Crippen molar-refractivity contribution in [2.45, 2.75) is 91.7 Å². The fourth-order valence-corrected chi connectivity index (χ4v) is 3.91. The zero-order valence-corrected chi connectivity index (χ0v) is 22.4. The Balaban J connectivity index is 2.18. The number of hydrogen-bond donors (Lipinski definition) is 1. The first-order valence-corrected chi connectivity index (χ1v) is 12.2. The predicted molar refractivity (Wildman–Crippen MR) is 133 cm³/mol. The molecule has 1 N–H and O–H groups in total. The Kier molecular flexibility index (Phi) is 9.08. The number of carbonyl (C=O) groups excluding carboxylic acids is 2. The summed E-state index contributed by atoms with van der Waals surface area (Å²) in [5, 5.41) is 14.9. The lowest BCUT2D eigenvalue weighted by atomic mass is 9.86. The molecule has 9 nitrogen and oxygen atoms in total. The molecule has 1 aromatic carbocycles. The van der Waals surface area contributed by atoms with Gasteiger partial charge in [-0.2, -0.15) is 13.2 Å². The second kappa shape index (κ2) is 11.1. The SMILES string of the molecule is C[C@H](N(Cc1ccc(NC2CCN(C(=O)OC(C)(C)C)CC2)c([N+](=O)[O-])c1)C(=O)C(F)(F)F)C(C)(C)C. The number of ether oxygens (including phenoxy) is 1. The zero-order valence-electron chi connectivity index (χ0n) is 22.4. The molecule has 0 unspecified atom stereocenters. The highest BCUT2D eigenvalue weighted by Gasteiger charge is 2.45. The fourth-order valence-electron chi connectivity index (χ4n) is 3.91. The fraction of sp³-hybridized carbons (Fsp3) is 0.680. The zero-order chi connectivity index (χ0) is 28.3. The summed E-state index contributed by atoms with van der Waals surface area (Å²) >= 11 is 0. The van der Waals surface area contributed by atoms with E-state index in [1.54, 1.807) is 46.4 Å². The second-order valence-corrected chi connectivity index (χ2v) is 11.5. The van der Waals surface area contributed by atoms with Gasteiger partial charge in [-0.15, -0.1) is 0 Å². The maximum absolute atomic E-state index is 13.3. The van der Waals surface area contributed by atoms with Crippen LogP contribution in [-0.4, -0.2) is 63.7 Å². The predicted octanol–water partition coefficient (Wildman–Crippen LogP) is 5.73. The van der Waals surface area contributed by atoms with Gasteiger partial charge in [0.2, 0.25) is 0 Å². The number of carbonyl (C=O) groups is 2. The molecule has 1 atom stereocenters. The summed E-state index contributed by atoms with van der Waals surface area (Å²) in [6.45, 7) is 12.4. The van der Waals surface area contributed by atoms with E-state index < -0.39 is 46.7 Å². The molecule has 1 aromatic rings. The number of nitro groups is 1. The lowest BCUT2D eigenvalue weighted by molar-refractivity contribution is -0.384. The van der Waals surface area contributed by atoms with E-state index in [1.807, 2.05) is 0 Å². The molecule has 0 spiro atoms. The molecule has 2 rings (SSSR count). The molecule has 0 saturated carbocycles. The van der Waals surface area contributed by atoms with Crippen molar-refractivity contribution in [1.29, 1.82) is 0 Å². The highest BCUT2D eigenvalue weighted by atomic mass is 19.4. The Morgan fingerprint density at radius 3 is 2.19 bits per heavy atom. The van der Waals surface area contributed by atoms with Crippen LogP contribution >= 0.6 is 0 Å². The third-order valence-electron chi connectivity index (χ3n) is 6.34. The Morgan fingerprint density at radius 2 is 1.73 bits per heavy atom. The summed E-state index contributed by atoms with van der Waals surface area (Å²) in [4.78, 5) is 37.9. The normalized spacial score (nSPS) is 16.2. The van der Waals surface area contributed by atoms with E-state index in [0.29, 0.717) is 30.8 Å². The van der Waals surface area contributed by atoms with Crippen molar-refractivity contribution in [3.63, 3.8) is 0 Å². The van der Waals surface area contributed by atoms with Crippen molar-refractivity contribution in [2.24, 2.45) is 5.41 Å². The Bertz CT molecular complexity index is 994. The van der Waals surface area contributed by atoms with E-state index in [-0.39, 0.29) is 23.0 Å². The van der Waals surface area contributed by atoms with Gasteiger partial charge in [-0.25, -0.2) is 4.79 Å². The summed E-state index contributed by atoms with van der Waals surface area (Å²) in [5.41, 5.74) is -1.12. The van der Waals surface area contributed by atoms with Crippen LogP contribution in [0.5, 0.6) is 0 Å². The van der Waals surface area contributed by atoms with Crippen LogP contribution < -0.4 is 5.32 Å². The minimum absolute atomic E-state index is 0.146. The number of benzene rings is 1. The second-order valence-electron chi connectivity index (χ2n) is 11.5. The maximum Gasteiger partial charge on any atom is 0.471 e. The van der Waals surface area contributed by atoms with Crippen LogP contribution in [0.2, 0.25) is 0 Å². The topological polar surface area (TPSA) is 105 Å². The molecule has 0 bridgehead atoms. The minimum atomic E-state index is -5.07. The van der Waals surface area contributed by atoms with Gasteiger partial charge in [-0.3, -0.25) is 14.9 Å². The van der Waals surface area contributed by atoms with Crippen molar-refractivity contribution in [3.05, 3.63) is 33.9 Å². The molecule has 0 aliphatic carbocycles. The lowest BCUT2D eigenvalue weighted by Gasteiger charge is -2.38. The molecule has 1 heterocycles. The number of rotatable bonds is 6. The average Bonchev–Trinajstić information content (AvgIpc) is 2.75. The minimum Gasteiger partial charge on any atom is -0.444 e. The third kappa shape index (κ3) is 8.50. The largest absolute Gasteiger partial charge is 0.471 e. The lowest BCUT2D eigenvalue weighted by Crippen LogP contribution is -2.50. The van der Waals surface area contributed by atoms with Crippen LogP contribution in [0.3, 0.4) is 0 Å². The molecule has 1 aliphatic heterocycles. The molecule has 37 heavy (non-hydrogen) atoms. The summed E-state index contributed by atoms with van der Waals surface area (Å²) < 4.78 is 45.3.